The summed E-state index contributed by atoms with van der Waals surface area (Å²) < 4.78 is 13.7. The molecule has 2 amide bonds. The summed E-state index contributed by atoms with van der Waals surface area (Å²) in [6.45, 7) is 2.53. The SMILES string of the molecule is Cc1[nH]c2ccc(F)cc2c1CC(=O)N(C)C1CCCN(c2ccccc2)C1=O. The lowest BCUT2D eigenvalue weighted by Gasteiger charge is -2.37. The number of aromatic amines is 1. The molecule has 1 unspecified atom stereocenters. The van der Waals surface area contributed by atoms with Crippen LogP contribution in [0, 0.1) is 12.7 Å². The van der Waals surface area contributed by atoms with E-state index in [-0.39, 0.29) is 24.1 Å². The molecular weight excluding hydrogens is 369 g/mol. The third-order valence-corrected chi connectivity index (χ3v) is 5.75. The maximum Gasteiger partial charge on any atom is 0.249 e. The molecule has 0 aliphatic carbocycles. The number of hydrogen-bond donors (Lipinski definition) is 1. The predicted octanol–water partition coefficient (Wildman–Crippen LogP) is 3.81. The van der Waals surface area contributed by atoms with Crippen LogP contribution in [0.2, 0.25) is 0 Å². The number of fused-ring (bicyclic) bond motifs is 1. The molecule has 1 fully saturated rings. The molecule has 1 atom stereocenters. The summed E-state index contributed by atoms with van der Waals surface area (Å²) in [4.78, 5) is 32.6. The van der Waals surface area contributed by atoms with Gasteiger partial charge in [0.25, 0.3) is 0 Å². The van der Waals surface area contributed by atoms with Crippen molar-refractivity contribution in [2.24, 2.45) is 0 Å². The Hall–Kier alpha value is -3.15. The van der Waals surface area contributed by atoms with Gasteiger partial charge in [0.1, 0.15) is 11.9 Å². The fraction of sp³-hybridized carbons (Fsp3) is 0.304. The summed E-state index contributed by atoms with van der Waals surface area (Å²) in [5.41, 5.74) is 3.28. The van der Waals surface area contributed by atoms with Crippen LogP contribution in [0.25, 0.3) is 10.9 Å². The average Bonchev–Trinajstić information content (AvgIpc) is 3.03. The van der Waals surface area contributed by atoms with Crippen molar-refractivity contribution < 1.29 is 14.0 Å². The van der Waals surface area contributed by atoms with Gasteiger partial charge < -0.3 is 14.8 Å². The number of carbonyl (C=O) groups excluding carboxylic acids is 2. The van der Waals surface area contributed by atoms with Crippen molar-refractivity contribution >= 4 is 28.4 Å². The van der Waals surface area contributed by atoms with Gasteiger partial charge in [0, 0.05) is 35.9 Å². The van der Waals surface area contributed by atoms with Gasteiger partial charge in [-0.1, -0.05) is 18.2 Å². The number of aryl methyl sites for hydroxylation is 1. The number of anilines is 1. The smallest absolute Gasteiger partial charge is 0.249 e. The molecule has 6 heteroatoms. The molecule has 150 valence electrons. The van der Waals surface area contributed by atoms with Crippen molar-refractivity contribution in [2.45, 2.75) is 32.2 Å². The van der Waals surface area contributed by atoms with E-state index in [0.717, 1.165) is 28.9 Å². The zero-order valence-electron chi connectivity index (χ0n) is 16.6. The van der Waals surface area contributed by atoms with E-state index in [1.165, 1.54) is 12.1 Å². The molecule has 3 aromatic rings. The Kier molecular flexibility index (Phi) is 5.09. The van der Waals surface area contributed by atoms with Crippen LogP contribution in [-0.4, -0.2) is 41.3 Å². The number of halogens is 1. The number of nitrogens with zero attached hydrogens (tertiary/aromatic N) is 2. The molecule has 1 N–H and O–H groups in total. The topological polar surface area (TPSA) is 56.4 Å². The monoisotopic (exact) mass is 393 g/mol. The summed E-state index contributed by atoms with van der Waals surface area (Å²) >= 11 is 0. The number of hydrogen-bond acceptors (Lipinski definition) is 2. The molecule has 1 aromatic heterocycles. The molecule has 5 nitrogen and oxygen atoms in total. The van der Waals surface area contributed by atoms with Crippen molar-refractivity contribution in [1.82, 2.24) is 9.88 Å². The van der Waals surface area contributed by atoms with E-state index in [9.17, 15) is 14.0 Å². The van der Waals surface area contributed by atoms with Crippen LogP contribution < -0.4 is 4.90 Å². The number of piperidine rings is 1. The largest absolute Gasteiger partial charge is 0.358 e. The van der Waals surface area contributed by atoms with E-state index in [4.69, 9.17) is 0 Å². The van der Waals surface area contributed by atoms with Gasteiger partial charge >= 0.3 is 0 Å². The van der Waals surface area contributed by atoms with Crippen LogP contribution in [0.3, 0.4) is 0 Å². The highest BCUT2D eigenvalue weighted by molar-refractivity contribution is 6.00. The van der Waals surface area contributed by atoms with E-state index in [1.54, 1.807) is 22.9 Å². The highest BCUT2D eigenvalue weighted by Gasteiger charge is 2.34. The third-order valence-electron chi connectivity index (χ3n) is 5.75. The zero-order valence-corrected chi connectivity index (χ0v) is 16.6. The van der Waals surface area contributed by atoms with Gasteiger partial charge in [0.2, 0.25) is 11.8 Å². The van der Waals surface area contributed by atoms with Crippen molar-refractivity contribution in [3.05, 3.63) is 65.6 Å². The number of carbonyl (C=O) groups is 2. The molecule has 0 spiro atoms. The number of benzene rings is 2. The first kappa shape index (κ1) is 19.2. The summed E-state index contributed by atoms with van der Waals surface area (Å²) in [5.74, 6) is -0.536. The minimum Gasteiger partial charge on any atom is -0.358 e. The van der Waals surface area contributed by atoms with Crippen molar-refractivity contribution in [3.8, 4) is 0 Å². The minimum atomic E-state index is -0.487. The zero-order chi connectivity index (χ0) is 20.5. The van der Waals surface area contributed by atoms with Crippen LogP contribution >= 0.6 is 0 Å². The fourth-order valence-electron chi connectivity index (χ4n) is 4.11. The van der Waals surface area contributed by atoms with Gasteiger partial charge in [0.15, 0.2) is 0 Å². The molecule has 2 aromatic carbocycles. The first-order valence-corrected chi connectivity index (χ1v) is 9.84. The van der Waals surface area contributed by atoms with Gasteiger partial charge in [-0.3, -0.25) is 9.59 Å². The van der Waals surface area contributed by atoms with E-state index in [0.29, 0.717) is 18.4 Å². The van der Waals surface area contributed by atoms with Crippen molar-refractivity contribution in [2.75, 3.05) is 18.5 Å². The number of H-pyrrole nitrogens is 1. The molecule has 2 heterocycles. The van der Waals surface area contributed by atoms with E-state index < -0.39 is 6.04 Å². The Morgan fingerprint density at radius 2 is 2.00 bits per heavy atom. The molecular formula is C23H24FN3O2. The number of aromatic nitrogens is 1. The van der Waals surface area contributed by atoms with E-state index in [1.807, 2.05) is 37.3 Å². The van der Waals surface area contributed by atoms with Gasteiger partial charge in [-0.25, -0.2) is 4.39 Å². The Balaban J connectivity index is 1.54. The summed E-state index contributed by atoms with van der Waals surface area (Å²) in [6.07, 6.45) is 1.60. The van der Waals surface area contributed by atoms with Gasteiger partial charge in [0.05, 0.1) is 6.42 Å². The molecule has 29 heavy (non-hydrogen) atoms. The van der Waals surface area contributed by atoms with Crippen LogP contribution in [0.15, 0.2) is 48.5 Å². The molecule has 1 saturated heterocycles. The second-order valence-electron chi connectivity index (χ2n) is 7.58. The Bertz CT molecular complexity index is 1060. The number of amides is 2. The first-order chi connectivity index (χ1) is 14.0. The second-order valence-corrected chi connectivity index (χ2v) is 7.58. The fourth-order valence-corrected chi connectivity index (χ4v) is 4.11. The normalized spacial score (nSPS) is 17.0. The quantitative estimate of drug-likeness (QED) is 0.733. The standard InChI is InChI=1S/C23H24FN3O2/c1-15-18(19-13-16(24)10-11-20(19)25-15)14-22(28)26(2)21-9-6-12-27(23(21)29)17-7-4-3-5-8-17/h3-5,7-8,10-11,13,21,25H,6,9,12,14H2,1-2H3. The molecule has 0 radical (unpaired) electrons. The predicted molar refractivity (Wildman–Crippen MR) is 111 cm³/mol. The Morgan fingerprint density at radius 1 is 1.24 bits per heavy atom. The van der Waals surface area contributed by atoms with E-state index >= 15 is 0 Å². The van der Waals surface area contributed by atoms with Crippen LogP contribution in [0.4, 0.5) is 10.1 Å². The molecule has 1 aliphatic rings. The summed E-state index contributed by atoms with van der Waals surface area (Å²) in [6, 6.07) is 13.6. The number of nitrogens with one attached hydrogen (secondary N) is 1. The number of para-hydroxylation sites is 1. The molecule has 4 rings (SSSR count). The molecule has 1 aliphatic heterocycles. The Morgan fingerprint density at radius 3 is 2.76 bits per heavy atom. The highest BCUT2D eigenvalue weighted by Crippen LogP contribution is 2.26. The third kappa shape index (κ3) is 3.62. The second kappa shape index (κ2) is 7.70. The summed E-state index contributed by atoms with van der Waals surface area (Å²) in [5, 5.41) is 0.713. The summed E-state index contributed by atoms with van der Waals surface area (Å²) in [7, 11) is 1.68. The van der Waals surface area contributed by atoms with Crippen LogP contribution in [0.5, 0.6) is 0 Å². The molecule has 0 bridgehead atoms. The van der Waals surface area contributed by atoms with Crippen LogP contribution in [0.1, 0.15) is 24.1 Å². The lowest BCUT2D eigenvalue weighted by molar-refractivity contribution is -0.138. The number of rotatable bonds is 4. The van der Waals surface area contributed by atoms with Crippen molar-refractivity contribution in [3.63, 3.8) is 0 Å². The van der Waals surface area contributed by atoms with Gasteiger partial charge in [-0.15, -0.1) is 0 Å². The van der Waals surface area contributed by atoms with Crippen LogP contribution in [-0.2, 0) is 16.0 Å². The maximum absolute atomic E-state index is 13.7. The first-order valence-electron chi connectivity index (χ1n) is 9.84. The van der Waals surface area contributed by atoms with E-state index in [2.05, 4.69) is 4.98 Å². The number of likely N-dealkylation sites (N-methyl/N-ethyl adjacent to an activating group) is 1. The highest BCUT2D eigenvalue weighted by atomic mass is 19.1. The van der Waals surface area contributed by atoms with Gasteiger partial charge in [-0.05, 0) is 55.7 Å². The lowest BCUT2D eigenvalue weighted by Crippen LogP contribution is -2.53. The maximum atomic E-state index is 13.7. The van der Waals surface area contributed by atoms with Crippen molar-refractivity contribution in [1.29, 1.82) is 0 Å². The van der Waals surface area contributed by atoms with Gasteiger partial charge in [-0.2, -0.15) is 0 Å². The lowest BCUT2D eigenvalue weighted by atomic mass is 10.0. The Labute approximate surface area is 169 Å². The minimum absolute atomic E-state index is 0.0556. The molecule has 0 saturated carbocycles. The average molecular weight is 393 g/mol.